The van der Waals surface area contributed by atoms with Crippen LogP contribution in [0.5, 0.6) is 0 Å². The third kappa shape index (κ3) is 3.19. The first-order valence-electron chi connectivity index (χ1n) is 5.29. The molecule has 1 heterocycles. The maximum absolute atomic E-state index is 13.0. The number of hydrogen-bond acceptors (Lipinski definition) is 4. The first-order valence-corrected chi connectivity index (χ1v) is 5.29. The van der Waals surface area contributed by atoms with E-state index in [2.05, 4.69) is 10.1 Å². The normalized spacial score (nSPS) is 10.6. The minimum Gasteiger partial charge on any atom is -0.339 e. The number of Topliss-reactive ketones (excluding diaryl/α,β-unsaturated/α-hetero) is 1. The van der Waals surface area contributed by atoms with Gasteiger partial charge in [0.25, 0.3) is 0 Å². The summed E-state index contributed by atoms with van der Waals surface area (Å²) in [6, 6.07) is 3.19. The van der Waals surface area contributed by atoms with Gasteiger partial charge in [-0.25, -0.2) is 8.78 Å². The molecule has 18 heavy (non-hydrogen) atoms. The molecule has 0 unspecified atom stereocenters. The van der Waals surface area contributed by atoms with E-state index in [9.17, 15) is 13.6 Å². The van der Waals surface area contributed by atoms with Crippen molar-refractivity contribution < 1.29 is 18.1 Å². The highest BCUT2D eigenvalue weighted by atomic mass is 19.1. The van der Waals surface area contributed by atoms with Gasteiger partial charge in [0.05, 0.1) is 6.42 Å². The molecule has 94 valence electrons. The van der Waals surface area contributed by atoms with E-state index < -0.39 is 11.6 Å². The maximum Gasteiger partial charge on any atom is 0.234 e. The molecular weight excluding hydrogens is 242 g/mol. The van der Waals surface area contributed by atoms with E-state index in [0.29, 0.717) is 5.56 Å². The van der Waals surface area contributed by atoms with E-state index >= 15 is 0 Å². The van der Waals surface area contributed by atoms with Gasteiger partial charge in [0.2, 0.25) is 5.89 Å². The van der Waals surface area contributed by atoms with Gasteiger partial charge in [-0.1, -0.05) is 5.16 Å². The fourth-order valence-corrected chi connectivity index (χ4v) is 1.54. The van der Waals surface area contributed by atoms with Gasteiger partial charge in [-0.15, -0.1) is 0 Å². The van der Waals surface area contributed by atoms with Crippen LogP contribution in [0.25, 0.3) is 0 Å². The van der Waals surface area contributed by atoms with Crippen LogP contribution in [0, 0.1) is 11.6 Å². The van der Waals surface area contributed by atoms with E-state index in [1.165, 1.54) is 19.1 Å². The van der Waals surface area contributed by atoms with Gasteiger partial charge in [0.1, 0.15) is 17.4 Å². The highest BCUT2D eigenvalue weighted by Gasteiger charge is 2.10. The van der Waals surface area contributed by atoms with Crippen LogP contribution in [0.1, 0.15) is 24.2 Å². The second kappa shape index (κ2) is 5.03. The molecule has 1 aromatic carbocycles. The summed E-state index contributed by atoms with van der Waals surface area (Å²) in [6.07, 6.45) is 0.209. The summed E-state index contributed by atoms with van der Waals surface area (Å²) >= 11 is 0. The van der Waals surface area contributed by atoms with Crippen molar-refractivity contribution >= 4 is 5.78 Å². The molecule has 0 radical (unpaired) electrons. The number of ketones is 1. The number of carbonyl (C=O) groups excluding carboxylic acids is 1. The predicted molar refractivity (Wildman–Crippen MR) is 57.8 cm³/mol. The molecule has 0 spiro atoms. The Morgan fingerprint density at radius 3 is 2.56 bits per heavy atom. The molecule has 0 N–H and O–H groups in total. The topological polar surface area (TPSA) is 56.0 Å². The van der Waals surface area contributed by atoms with Crippen molar-refractivity contribution in [1.29, 1.82) is 0 Å². The molecule has 6 heteroatoms. The summed E-state index contributed by atoms with van der Waals surface area (Å²) in [5, 5.41) is 3.64. The van der Waals surface area contributed by atoms with E-state index in [4.69, 9.17) is 4.52 Å². The Hall–Kier alpha value is -2.11. The van der Waals surface area contributed by atoms with Gasteiger partial charge in [-0.3, -0.25) is 4.79 Å². The van der Waals surface area contributed by atoms with Crippen molar-refractivity contribution in [1.82, 2.24) is 10.1 Å². The SMILES string of the molecule is CC(=O)Cc1nc(Cc2cc(F)cc(F)c2)no1. The lowest BCUT2D eigenvalue weighted by molar-refractivity contribution is -0.116. The van der Waals surface area contributed by atoms with Crippen molar-refractivity contribution in [3.05, 3.63) is 47.1 Å². The zero-order valence-corrected chi connectivity index (χ0v) is 9.61. The van der Waals surface area contributed by atoms with Crippen LogP contribution in [-0.4, -0.2) is 15.9 Å². The lowest BCUT2D eigenvalue weighted by Crippen LogP contribution is -1.97. The Morgan fingerprint density at radius 1 is 1.28 bits per heavy atom. The fourth-order valence-electron chi connectivity index (χ4n) is 1.54. The summed E-state index contributed by atoms with van der Waals surface area (Å²) in [4.78, 5) is 14.8. The summed E-state index contributed by atoms with van der Waals surface area (Å²) in [5.74, 6) is -0.914. The summed E-state index contributed by atoms with van der Waals surface area (Å²) in [6.45, 7) is 1.41. The Balaban J connectivity index is 2.13. The molecule has 0 aliphatic rings. The molecular formula is C12H10F2N2O2. The van der Waals surface area contributed by atoms with Gasteiger partial charge in [-0.2, -0.15) is 4.98 Å². The molecule has 0 saturated heterocycles. The lowest BCUT2D eigenvalue weighted by Gasteiger charge is -1.97. The number of benzene rings is 1. The number of carbonyl (C=O) groups is 1. The number of halogens is 2. The molecule has 0 aliphatic heterocycles. The van der Waals surface area contributed by atoms with Crippen LogP contribution in [0.2, 0.25) is 0 Å². The molecule has 0 aliphatic carbocycles. The van der Waals surface area contributed by atoms with Crippen LogP contribution in [0.3, 0.4) is 0 Å². The molecule has 2 aromatic rings. The first kappa shape index (κ1) is 12.3. The maximum atomic E-state index is 13.0. The van der Waals surface area contributed by atoms with Gasteiger partial charge in [-0.05, 0) is 24.6 Å². The van der Waals surface area contributed by atoms with E-state index in [-0.39, 0.29) is 30.3 Å². The zero-order valence-electron chi connectivity index (χ0n) is 9.61. The Labute approximate surface area is 102 Å². The quantitative estimate of drug-likeness (QED) is 0.835. The number of aromatic nitrogens is 2. The Bertz CT molecular complexity index is 561. The second-order valence-corrected chi connectivity index (χ2v) is 3.94. The predicted octanol–water partition coefficient (Wildman–Crippen LogP) is 2.07. The lowest BCUT2D eigenvalue weighted by atomic mass is 10.1. The molecule has 2 rings (SSSR count). The van der Waals surface area contributed by atoms with Gasteiger partial charge >= 0.3 is 0 Å². The number of rotatable bonds is 4. The third-order valence-electron chi connectivity index (χ3n) is 2.19. The molecule has 4 nitrogen and oxygen atoms in total. The number of nitrogens with zero attached hydrogens (tertiary/aromatic N) is 2. The monoisotopic (exact) mass is 252 g/mol. The van der Waals surface area contributed by atoms with Crippen molar-refractivity contribution in [3.8, 4) is 0 Å². The average Bonchev–Trinajstić information content (AvgIpc) is 2.62. The Kier molecular flexibility index (Phi) is 3.45. The average molecular weight is 252 g/mol. The van der Waals surface area contributed by atoms with Crippen LogP contribution in [-0.2, 0) is 17.6 Å². The summed E-state index contributed by atoms with van der Waals surface area (Å²) < 4.78 is 30.8. The summed E-state index contributed by atoms with van der Waals surface area (Å²) in [7, 11) is 0. The minimum absolute atomic E-state index is 0.0600. The van der Waals surface area contributed by atoms with Crippen LogP contribution in [0.4, 0.5) is 8.78 Å². The molecule has 0 amide bonds. The molecule has 0 fully saturated rings. The largest absolute Gasteiger partial charge is 0.339 e. The standard InChI is InChI=1S/C12H10F2N2O2/c1-7(17)2-12-15-11(16-18-12)5-8-3-9(13)6-10(14)4-8/h3-4,6H,2,5H2,1H3. The first-order chi connectivity index (χ1) is 8.52. The van der Waals surface area contributed by atoms with Crippen LogP contribution < -0.4 is 0 Å². The van der Waals surface area contributed by atoms with Crippen molar-refractivity contribution in [2.45, 2.75) is 19.8 Å². The molecule has 0 bridgehead atoms. The smallest absolute Gasteiger partial charge is 0.234 e. The second-order valence-electron chi connectivity index (χ2n) is 3.94. The van der Waals surface area contributed by atoms with E-state index in [1.807, 2.05) is 0 Å². The van der Waals surface area contributed by atoms with Crippen LogP contribution in [0.15, 0.2) is 22.7 Å². The van der Waals surface area contributed by atoms with Gasteiger partial charge in [0.15, 0.2) is 5.82 Å². The molecule has 1 aromatic heterocycles. The minimum atomic E-state index is -0.655. The third-order valence-corrected chi connectivity index (χ3v) is 2.19. The van der Waals surface area contributed by atoms with Crippen molar-refractivity contribution in [2.24, 2.45) is 0 Å². The Morgan fingerprint density at radius 2 is 1.94 bits per heavy atom. The highest BCUT2D eigenvalue weighted by molar-refractivity contribution is 5.77. The summed E-state index contributed by atoms with van der Waals surface area (Å²) in [5.41, 5.74) is 0.405. The van der Waals surface area contributed by atoms with Gasteiger partial charge < -0.3 is 4.52 Å². The molecule has 0 atom stereocenters. The zero-order chi connectivity index (χ0) is 13.1. The van der Waals surface area contributed by atoms with Gasteiger partial charge in [0, 0.05) is 12.5 Å². The van der Waals surface area contributed by atoms with E-state index in [1.54, 1.807) is 0 Å². The highest BCUT2D eigenvalue weighted by Crippen LogP contribution is 2.11. The fraction of sp³-hybridized carbons (Fsp3) is 0.250. The van der Waals surface area contributed by atoms with Crippen molar-refractivity contribution in [3.63, 3.8) is 0 Å². The van der Waals surface area contributed by atoms with E-state index in [0.717, 1.165) is 6.07 Å². The molecule has 0 saturated carbocycles. The van der Waals surface area contributed by atoms with Crippen LogP contribution >= 0.6 is 0 Å². The number of hydrogen-bond donors (Lipinski definition) is 0. The van der Waals surface area contributed by atoms with Crippen molar-refractivity contribution in [2.75, 3.05) is 0 Å².